The molecular formula is C15H15BrFN5O4S. The van der Waals surface area contributed by atoms with Gasteiger partial charge >= 0.3 is 0 Å². The molecule has 12 heteroatoms. The van der Waals surface area contributed by atoms with E-state index in [9.17, 15) is 19.5 Å². The maximum absolute atomic E-state index is 13.3. The lowest BCUT2D eigenvalue weighted by atomic mass is 10.3. The molecule has 0 unspecified atom stereocenters. The lowest BCUT2D eigenvalue weighted by Crippen LogP contribution is -2.40. The Balaban J connectivity index is 1.65. The number of anilines is 1. The van der Waals surface area contributed by atoms with Crippen molar-refractivity contribution < 1.29 is 24.1 Å². The van der Waals surface area contributed by atoms with Crippen molar-refractivity contribution in [3.63, 3.8) is 0 Å². The van der Waals surface area contributed by atoms with Gasteiger partial charge in [-0.15, -0.1) is 0 Å². The summed E-state index contributed by atoms with van der Waals surface area (Å²) in [5.74, 6) is -0.765. The van der Waals surface area contributed by atoms with Crippen molar-refractivity contribution in [2.24, 2.45) is 5.16 Å². The number of thioether (sulfide) groups is 1. The molecule has 0 saturated heterocycles. The van der Waals surface area contributed by atoms with Crippen molar-refractivity contribution in [1.82, 2.24) is 15.6 Å². The van der Waals surface area contributed by atoms with Gasteiger partial charge in [-0.25, -0.2) is 9.02 Å². The Morgan fingerprint density at radius 2 is 2.22 bits per heavy atom. The van der Waals surface area contributed by atoms with Gasteiger partial charge in [-0.3, -0.25) is 4.79 Å². The number of hydrogen-bond donors (Lipinski definition) is 4. The fourth-order valence-corrected chi connectivity index (χ4v) is 3.28. The number of aliphatic hydroxyl groups excluding tert-OH is 1. The number of oxime groups is 1. The van der Waals surface area contributed by atoms with Gasteiger partial charge in [0.1, 0.15) is 5.82 Å². The number of benzene rings is 1. The third kappa shape index (κ3) is 4.76. The Kier molecular flexibility index (Phi) is 5.97. The van der Waals surface area contributed by atoms with Crippen LogP contribution in [-0.2, 0) is 4.79 Å². The molecule has 1 aromatic carbocycles. The van der Waals surface area contributed by atoms with Crippen molar-refractivity contribution in [2.75, 3.05) is 17.7 Å². The van der Waals surface area contributed by atoms with Crippen LogP contribution in [0, 0.1) is 5.82 Å². The molecule has 1 heterocycles. The van der Waals surface area contributed by atoms with Crippen LogP contribution in [0.5, 0.6) is 0 Å². The Morgan fingerprint density at radius 1 is 1.44 bits per heavy atom. The molecule has 9 nitrogen and oxygen atoms in total. The standard InChI is InChI=1S/C15H15BrFN5O4S/c16-9-5-8(1-2-10(9)17)18-13(20-25)12-14(22-26-21-12)27-6-11(24)19-15(7-23)3-4-15/h1-2,5,23,25H,3-4,6-7H2,(H,18,20)(H,19,24). The predicted molar refractivity (Wildman–Crippen MR) is 98.3 cm³/mol. The van der Waals surface area contributed by atoms with E-state index in [0.29, 0.717) is 5.69 Å². The molecule has 1 aliphatic rings. The summed E-state index contributed by atoms with van der Waals surface area (Å²) < 4.78 is 18.2. The molecule has 4 N–H and O–H groups in total. The van der Waals surface area contributed by atoms with Crippen LogP contribution in [0.15, 0.2) is 37.5 Å². The molecular weight excluding hydrogens is 445 g/mol. The summed E-state index contributed by atoms with van der Waals surface area (Å²) in [6, 6.07) is 4.14. The van der Waals surface area contributed by atoms with E-state index in [1.807, 2.05) is 0 Å². The first-order valence-electron chi connectivity index (χ1n) is 7.78. The van der Waals surface area contributed by atoms with E-state index in [-0.39, 0.29) is 39.3 Å². The van der Waals surface area contributed by atoms with Crippen LogP contribution in [-0.4, -0.2) is 50.3 Å². The zero-order valence-electron chi connectivity index (χ0n) is 13.8. The second-order valence-electron chi connectivity index (χ2n) is 5.90. The normalized spacial score (nSPS) is 15.4. The number of aromatic nitrogens is 2. The number of halogens is 2. The molecule has 1 saturated carbocycles. The molecule has 0 bridgehead atoms. The average molecular weight is 460 g/mol. The van der Waals surface area contributed by atoms with Crippen LogP contribution in [0.25, 0.3) is 0 Å². The lowest BCUT2D eigenvalue weighted by molar-refractivity contribution is -0.119. The van der Waals surface area contributed by atoms with Crippen LogP contribution in [0.3, 0.4) is 0 Å². The van der Waals surface area contributed by atoms with E-state index in [1.54, 1.807) is 0 Å². The Bertz CT molecular complexity index is 874. The highest BCUT2D eigenvalue weighted by molar-refractivity contribution is 9.10. The third-order valence-corrected chi connectivity index (χ3v) is 5.42. The second kappa shape index (κ2) is 8.23. The summed E-state index contributed by atoms with van der Waals surface area (Å²) in [6.07, 6.45) is 1.49. The zero-order chi connectivity index (χ0) is 19.4. The summed E-state index contributed by atoms with van der Waals surface area (Å²) >= 11 is 4.10. The minimum absolute atomic E-state index is 0.0176. The number of carbonyl (C=O) groups excluding carboxylic acids is 1. The number of amides is 1. The van der Waals surface area contributed by atoms with Crippen molar-refractivity contribution in [3.8, 4) is 0 Å². The van der Waals surface area contributed by atoms with E-state index in [0.717, 1.165) is 24.6 Å². The van der Waals surface area contributed by atoms with E-state index < -0.39 is 11.4 Å². The highest BCUT2D eigenvalue weighted by Gasteiger charge is 2.43. The summed E-state index contributed by atoms with van der Waals surface area (Å²) in [5.41, 5.74) is 0.0306. The quantitative estimate of drug-likeness (QED) is 0.162. The molecule has 0 atom stereocenters. The highest BCUT2D eigenvalue weighted by atomic mass is 79.9. The smallest absolute Gasteiger partial charge is 0.230 e. The van der Waals surface area contributed by atoms with Crippen molar-refractivity contribution in [1.29, 1.82) is 0 Å². The summed E-state index contributed by atoms with van der Waals surface area (Å²) in [6.45, 7) is -0.0986. The SMILES string of the molecule is O=C(CSc1nonc1C(=NO)Nc1ccc(F)c(Br)c1)NC1(CO)CC1. The van der Waals surface area contributed by atoms with Gasteiger partial charge in [-0.1, -0.05) is 16.9 Å². The fourth-order valence-electron chi connectivity index (χ4n) is 2.20. The minimum atomic E-state index is -0.502. The molecule has 0 spiro atoms. The molecule has 144 valence electrons. The topological polar surface area (TPSA) is 133 Å². The van der Waals surface area contributed by atoms with E-state index in [4.69, 9.17) is 0 Å². The van der Waals surface area contributed by atoms with Crippen molar-refractivity contribution in [2.45, 2.75) is 23.4 Å². The summed E-state index contributed by atoms with van der Waals surface area (Å²) in [7, 11) is 0. The number of amidine groups is 1. The molecule has 0 aliphatic heterocycles. The van der Waals surface area contributed by atoms with Gasteiger partial charge < -0.3 is 20.9 Å². The molecule has 0 radical (unpaired) electrons. The van der Waals surface area contributed by atoms with Crippen LogP contribution in [0.4, 0.5) is 10.1 Å². The maximum atomic E-state index is 13.3. The molecule has 2 aromatic rings. The minimum Gasteiger partial charge on any atom is -0.409 e. The first-order chi connectivity index (χ1) is 13.0. The van der Waals surface area contributed by atoms with Gasteiger partial charge in [0, 0.05) is 5.69 Å². The number of carbonyl (C=O) groups is 1. The van der Waals surface area contributed by atoms with Crippen molar-refractivity contribution >= 4 is 45.1 Å². The average Bonchev–Trinajstić information content (AvgIpc) is 3.27. The van der Waals surface area contributed by atoms with Gasteiger partial charge in [0.05, 0.1) is 22.4 Å². The maximum Gasteiger partial charge on any atom is 0.230 e. The molecule has 3 rings (SSSR count). The number of aliphatic hydroxyl groups is 1. The Labute approximate surface area is 165 Å². The molecule has 1 aliphatic carbocycles. The van der Waals surface area contributed by atoms with Crippen LogP contribution in [0.1, 0.15) is 18.5 Å². The molecule has 1 amide bonds. The number of hydrogen-bond acceptors (Lipinski definition) is 8. The second-order valence-corrected chi connectivity index (χ2v) is 7.71. The van der Waals surface area contributed by atoms with E-state index in [1.165, 1.54) is 18.2 Å². The van der Waals surface area contributed by atoms with Gasteiger partial charge in [-0.05, 0) is 57.3 Å². The number of nitrogens with zero attached hydrogens (tertiary/aromatic N) is 3. The first kappa shape index (κ1) is 19.6. The van der Waals surface area contributed by atoms with Crippen LogP contribution in [0.2, 0.25) is 0 Å². The van der Waals surface area contributed by atoms with Crippen LogP contribution < -0.4 is 10.6 Å². The van der Waals surface area contributed by atoms with E-state index in [2.05, 4.69) is 46.7 Å². The first-order valence-corrected chi connectivity index (χ1v) is 9.56. The van der Waals surface area contributed by atoms with E-state index >= 15 is 0 Å². The van der Waals surface area contributed by atoms with Gasteiger partial charge in [0.2, 0.25) is 11.7 Å². The predicted octanol–water partition coefficient (Wildman–Crippen LogP) is 1.95. The zero-order valence-corrected chi connectivity index (χ0v) is 16.2. The fraction of sp³-hybridized carbons (Fsp3) is 0.333. The largest absolute Gasteiger partial charge is 0.409 e. The molecule has 27 heavy (non-hydrogen) atoms. The Hall–Kier alpha value is -2.18. The highest BCUT2D eigenvalue weighted by Crippen LogP contribution is 2.34. The van der Waals surface area contributed by atoms with Gasteiger partial charge in [-0.2, -0.15) is 0 Å². The molecule has 1 fully saturated rings. The monoisotopic (exact) mass is 459 g/mol. The third-order valence-electron chi connectivity index (χ3n) is 3.87. The number of nitrogens with one attached hydrogen (secondary N) is 2. The Morgan fingerprint density at radius 3 is 2.85 bits per heavy atom. The molecule has 1 aromatic heterocycles. The van der Waals surface area contributed by atoms with Gasteiger partial charge in [0.25, 0.3) is 0 Å². The van der Waals surface area contributed by atoms with Crippen molar-refractivity contribution in [3.05, 3.63) is 34.2 Å². The number of rotatable bonds is 7. The summed E-state index contributed by atoms with van der Waals surface area (Å²) in [4.78, 5) is 12.0. The van der Waals surface area contributed by atoms with Gasteiger partial charge in [0.15, 0.2) is 10.7 Å². The lowest BCUT2D eigenvalue weighted by Gasteiger charge is -2.13. The summed E-state index contributed by atoms with van der Waals surface area (Å²) in [5, 5.41) is 34.9. The van der Waals surface area contributed by atoms with Crippen LogP contribution >= 0.6 is 27.7 Å².